The van der Waals surface area contributed by atoms with Crippen molar-refractivity contribution >= 4 is 29.2 Å². The van der Waals surface area contributed by atoms with Gasteiger partial charge in [0, 0.05) is 22.9 Å². The van der Waals surface area contributed by atoms with Crippen molar-refractivity contribution in [1.82, 2.24) is 0 Å². The molecule has 0 saturated heterocycles. The molecule has 1 rings (SSSR count). The quantitative estimate of drug-likeness (QED) is 0.659. The van der Waals surface area contributed by atoms with Crippen LogP contribution in [0.3, 0.4) is 0 Å². The zero-order valence-corrected chi connectivity index (χ0v) is 10.7. The molecule has 1 N–H and O–H groups in total. The minimum absolute atomic E-state index is 0.349. The fourth-order valence-electron chi connectivity index (χ4n) is 1.11. The number of hydrogen-bond acceptors (Lipinski definition) is 3. The number of ether oxygens (including phenoxy) is 1. The summed E-state index contributed by atoms with van der Waals surface area (Å²) in [7, 11) is 0. The third-order valence-electron chi connectivity index (χ3n) is 1.93. The summed E-state index contributed by atoms with van der Waals surface area (Å²) >= 11 is 5.71. The van der Waals surface area contributed by atoms with E-state index in [0.29, 0.717) is 17.3 Å². The van der Waals surface area contributed by atoms with Gasteiger partial charge in [-0.25, -0.2) is 4.79 Å². The second kappa shape index (κ2) is 7.50. The van der Waals surface area contributed by atoms with Gasteiger partial charge in [0.25, 0.3) is 0 Å². The molecule has 0 heterocycles. The smallest absolute Gasteiger partial charge is 0.330 e. The van der Waals surface area contributed by atoms with Crippen LogP contribution in [0.2, 0.25) is 5.02 Å². The number of hydrogen-bond donors (Lipinski definition) is 1. The van der Waals surface area contributed by atoms with Crippen molar-refractivity contribution < 1.29 is 14.3 Å². The van der Waals surface area contributed by atoms with E-state index in [1.807, 2.05) is 6.92 Å². The summed E-state index contributed by atoms with van der Waals surface area (Å²) in [5.41, 5.74) is 0.607. The number of carbonyl (C=O) groups is 2. The summed E-state index contributed by atoms with van der Waals surface area (Å²) in [6.45, 7) is 2.24. The van der Waals surface area contributed by atoms with Gasteiger partial charge in [-0.15, -0.1) is 0 Å². The van der Waals surface area contributed by atoms with E-state index in [0.717, 1.165) is 18.6 Å². The standard InChI is InChI=1S/C13H14ClNO3/c1-2-9-18-13(17)8-7-12(16)15-11-5-3-10(14)4-6-11/h3-8H,2,9H2,1H3,(H,15,16)/b8-7-. The maximum absolute atomic E-state index is 11.4. The molecule has 0 aliphatic carbocycles. The zero-order valence-electron chi connectivity index (χ0n) is 9.98. The zero-order chi connectivity index (χ0) is 13.4. The molecular formula is C13H14ClNO3. The number of carbonyl (C=O) groups excluding carboxylic acids is 2. The fourth-order valence-corrected chi connectivity index (χ4v) is 1.24. The summed E-state index contributed by atoms with van der Waals surface area (Å²) in [5.74, 6) is -0.922. The molecule has 18 heavy (non-hydrogen) atoms. The topological polar surface area (TPSA) is 55.4 Å². The molecule has 0 aliphatic rings. The van der Waals surface area contributed by atoms with E-state index >= 15 is 0 Å². The van der Waals surface area contributed by atoms with E-state index in [1.54, 1.807) is 24.3 Å². The van der Waals surface area contributed by atoms with Gasteiger partial charge in [-0.3, -0.25) is 4.79 Å². The molecule has 0 bridgehead atoms. The molecule has 0 fully saturated rings. The van der Waals surface area contributed by atoms with Crippen molar-refractivity contribution in [3.8, 4) is 0 Å². The number of anilines is 1. The third-order valence-corrected chi connectivity index (χ3v) is 2.18. The lowest BCUT2D eigenvalue weighted by Gasteiger charge is -2.01. The van der Waals surface area contributed by atoms with E-state index in [1.165, 1.54) is 0 Å². The summed E-state index contributed by atoms with van der Waals surface area (Å²) < 4.78 is 4.78. The van der Waals surface area contributed by atoms with E-state index in [9.17, 15) is 9.59 Å². The van der Waals surface area contributed by atoms with Crippen LogP contribution in [-0.2, 0) is 14.3 Å². The van der Waals surface area contributed by atoms with Crippen molar-refractivity contribution in [1.29, 1.82) is 0 Å². The monoisotopic (exact) mass is 267 g/mol. The van der Waals surface area contributed by atoms with Crippen LogP contribution in [0.15, 0.2) is 36.4 Å². The summed E-state index contributed by atoms with van der Waals surface area (Å²) in [6, 6.07) is 6.67. The first kappa shape index (κ1) is 14.3. The Kier molecular flexibility index (Phi) is 5.94. The Balaban J connectivity index is 2.44. The lowest BCUT2D eigenvalue weighted by atomic mass is 10.3. The minimum Gasteiger partial charge on any atom is -0.463 e. The van der Waals surface area contributed by atoms with Gasteiger partial charge in [0.15, 0.2) is 0 Å². The number of halogens is 1. The van der Waals surface area contributed by atoms with Gasteiger partial charge < -0.3 is 10.1 Å². The molecule has 0 saturated carbocycles. The highest BCUT2D eigenvalue weighted by Gasteiger charge is 2.00. The van der Waals surface area contributed by atoms with Gasteiger partial charge in [0.2, 0.25) is 5.91 Å². The number of rotatable bonds is 5. The van der Waals surface area contributed by atoms with Crippen molar-refractivity contribution in [2.24, 2.45) is 0 Å². The van der Waals surface area contributed by atoms with Gasteiger partial charge in [0.1, 0.15) is 0 Å². The van der Waals surface area contributed by atoms with Gasteiger partial charge >= 0.3 is 5.97 Å². The Bertz CT molecular complexity index is 440. The number of benzene rings is 1. The number of esters is 1. The number of nitrogens with one attached hydrogen (secondary N) is 1. The maximum atomic E-state index is 11.4. The van der Waals surface area contributed by atoms with Crippen molar-refractivity contribution in [2.45, 2.75) is 13.3 Å². The molecule has 5 heteroatoms. The van der Waals surface area contributed by atoms with Crippen LogP contribution < -0.4 is 5.32 Å². The first-order chi connectivity index (χ1) is 8.61. The Morgan fingerprint density at radius 1 is 1.28 bits per heavy atom. The average Bonchev–Trinajstić information content (AvgIpc) is 2.36. The van der Waals surface area contributed by atoms with E-state index in [-0.39, 0.29) is 0 Å². The van der Waals surface area contributed by atoms with Crippen molar-refractivity contribution in [2.75, 3.05) is 11.9 Å². The van der Waals surface area contributed by atoms with Gasteiger partial charge in [-0.1, -0.05) is 18.5 Å². The molecule has 1 aromatic carbocycles. The lowest BCUT2D eigenvalue weighted by molar-refractivity contribution is -0.137. The highest BCUT2D eigenvalue weighted by atomic mass is 35.5. The normalized spacial score (nSPS) is 10.3. The van der Waals surface area contributed by atoms with Crippen LogP contribution in [0.1, 0.15) is 13.3 Å². The maximum Gasteiger partial charge on any atom is 0.330 e. The van der Waals surface area contributed by atoms with Crippen LogP contribution in [-0.4, -0.2) is 18.5 Å². The first-order valence-electron chi connectivity index (χ1n) is 5.53. The second-order valence-corrected chi connectivity index (χ2v) is 3.93. The molecule has 96 valence electrons. The molecule has 4 nitrogen and oxygen atoms in total. The van der Waals surface area contributed by atoms with Crippen LogP contribution in [0.25, 0.3) is 0 Å². The fraction of sp³-hybridized carbons (Fsp3) is 0.231. The summed E-state index contributed by atoms with van der Waals surface area (Å²) in [4.78, 5) is 22.5. The van der Waals surface area contributed by atoms with Gasteiger partial charge in [0.05, 0.1) is 6.61 Å². The van der Waals surface area contributed by atoms with Crippen molar-refractivity contribution in [3.05, 3.63) is 41.4 Å². The Morgan fingerprint density at radius 3 is 2.56 bits per heavy atom. The molecule has 0 aliphatic heterocycles. The van der Waals surface area contributed by atoms with E-state index < -0.39 is 11.9 Å². The summed E-state index contributed by atoms with van der Waals surface area (Å²) in [5, 5.41) is 3.18. The van der Waals surface area contributed by atoms with Crippen LogP contribution in [0, 0.1) is 0 Å². The molecule has 0 radical (unpaired) electrons. The van der Waals surface area contributed by atoms with E-state index in [2.05, 4.69) is 5.32 Å². The van der Waals surface area contributed by atoms with Crippen LogP contribution in [0.5, 0.6) is 0 Å². The van der Waals surface area contributed by atoms with Crippen LogP contribution in [0.4, 0.5) is 5.69 Å². The predicted molar refractivity (Wildman–Crippen MR) is 70.5 cm³/mol. The molecule has 0 unspecified atom stereocenters. The average molecular weight is 268 g/mol. The Morgan fingerprint density at radius 2 is 1.94 bits per heavy atom. The number of amides is 1. The largest absolute Gasteiger partial charge is 0.463 e. The van der Waals surface area contributed by atoms with E-state index in [4.69, 9.17) is 16.3 Å². The lowest BCUT2D eigenvalue weighted by Crippen LogP contribution is -2.09. The molecule has 1 amide bonds. The SMILES string of the molecule is CCCOC(=O)/C=C\C(=O)Nc1ccc(Cl)cc1. The third kappa shape index (κ3) is 5.50. The molecule has 1 aromatic rings. The highest BCUT2D eigenvalue weighted by molar-refractivity contribution is 6.30. The van der Waals surface area contributed by atoms with Gasteiger partial charge in [-0.2, -0.15) is 0 Å². The minimum atomic E-state index is -0.525. The summed E-state index contributed by atoms with van der Waals surface area (Å²) in [6.07, 6.45) is 2.98. The van der Waals surface area contributed by atoms with Crippen molar-refractivity contribution in [3.63, 3.8) is 0 Å². The molecule has 0 atom stereocenters. The predicted octanol–water partition coefficient (Wildman–Crippen LogP) is 2.79. The van der Waals surface area contributed by atoms with Gasteiger partial charge in [-0.05, 0) is 30.7 Å². The molecule has 0 spiro atoms. The highest BCUT2D eigenvalue weighted by Crippen LogP contribution is 2.13. The molecule has 0 aromatic heterocycles. The molecular weight excluding hydrogens is 254 g/mol. The first-order valence-corrected chi connectivity index (χ1v) is 5.91. The Hall–Kier alpha value is -1.81. The van der Waals surface area contributed by atoms with Crippen LogP contribution >= 0.6 is 11.6 Å². The Labute approximate surface area is 111 Å². The second-order valence-electron chi connectivity index (χ2n) is 3.50.